The van der Waals surface area contributed by atoms with Crippen LogP contribution in [-0.2, 0) is 26.2 Å². The fraction of sp³-hybridized carbons (Fsp3) is 0.654. The van der Waals surface area contributed by atoms with Crippen molar-refractivity contribution in [1.82, 2.24) is 10.2 Å². The third kappa shape index (κ3) is 4.65. The molecule has 1 aliphatic heterocycles. The predicted molar refractivity (Wildman–Crippen MR) is 124 cm³/mol. The Bertz CT molecular complexity index is 929. The van der Waals surface area contributed by atoms with Gasteiger partial charge in [-0.1, -0.05) is 32.8 Å². The highest BCUT2D eigenvalue weighted by molar-refractivity contribution is 5.87. The molecule has 1 saturated carbocycles. The summed E-state index contributed by atoms with van der Waals surface area (Å²) in [4.78, 5) is 38.4. The number of hydrogen-bond acceptors (Lipinski definition) is 5. The minimum atomic E-state index is -1.04. The molecule has 0 spiro atoms. The summed E-state index contributed by atoms with van der Waals surface area (Å²) in [5.74, 6) is -1.01. The second-order valence-corrected chi connectivity index (χ2v) is 10.4. The summed E-state index contributed by atoms with van der Waals surface area (Å²) in [5.41, 5.74) is 2.90. The Balaban J connectivity index is 1.53. The number of carboxylic acid groups (broad SMARTS) is 1. The Hall–Kier alpha value is -2.41. The average molecular weight is 457 g/mol. The SMILES string of the molecule is CC(C)C(NC(=O)CCC(=O)O)C(=O)Oc1ccc2c(c1)[C@]13CCCC[C@@H]1[C@H](C2)N(C)CC3. The molecule has 2 fully saturated rings. The minimum Gasteiger partial charge on any atom is -0.481 e. The summed E-state index contributed by atoms with van der Waals surface area (Å²) in [6, 6.07) is 5.83. The molecule has 7 nitrogen and oxygen atoms in total. The van der Waals surface area contributed by atoms with Crippen LogP contribution in [0.1, 0.15) is 69.9 Å². The normalized spacial score (nSPS) is 27.3. The highest BCUT2D eigenvalue weighted by atomic mass is 16.5. The number of carbonyl (C=O) groups excluding carboxylic acids is 2. The van der Waals surface area contributed by atoms with Crippen LogP contribution in [0.15, 0.2) is 18.2 Å². The summed E-state index contributed by atoms with van der Waals surface area (Å²) in [6.45, 7) is 4.77. The summed E-state index contributed by atoms with van der Waals surface area (Å²) in [6.07, 6.45) is 6.74. The van der Waals surface area contributed by atoms with Crippen LogP contribution in [0.3, 0.4) is 0 Å². The van der Waals surface area contributed by atoms with Gasteiger partial charge in [0, 0.05) is 17.9 Å². The van der Waals surface area contributed by atoms with Crippen molar-refractivity contribution >= 4 is 17.8 Å². The molecule has 0 aromatic heterocycles. The van der Waals surface area contributed by atoms with Crippen molar-refractivity contribution < 1.29 is 24.2 Å². The standard InChI is InChI=1S/C26H36N2O5/c1-16(2)24(27-22(29)9-10-23(30)31)25(32)33-18-8-7-17-14-21-19-6-4-5-11-26(19,20(17)15-18)12-13-28(21)3/h7-8,15-16,19,21,24H,4-6,9-14H2,1-3H3,(H,27,29)(H,30,31)/t19-,21+,24?,26+/m1/s1. The molecule has 3 aliphatic rings. The van der Waals surface area contributed by atoms with Crippen molar-refractivity contribution in [2.75, 3.05) is 13.6 Å². The number of ether oxygens (including phenoxy) is 1. The first-order chi connectivity index (χ1) is 15.7. The van der Waals surface area contributed by atoms with Crippen molar-refractivity contribution in [3.63, 3.8) is 0 Å². The molecule has 4 rings (SSSR count). The van der Waals surface area contributed by atoms with Gasteiger partial charge >= 0.3 is 11.9 Å². The lowest BCUT2D eigenvalue weighted by Gasteiger charge is -2.58. The Morgan fingerprint density at radius 2 is 2.00 bits per heavy atom. The van der Waals surface area contributed by atoms with Gasteiger partial charge in [-0.3, -0.25) is 9.59 Å². The van der Waals surface area contributed by atoms with Gasteiger partial charge in [0.25, 0.3) is 0 Å². The summed E-state index contributed by atoms with van der Waals surface area (Å²) >= 11 is 0. The summed E-state index contributed by atoms with van der Waals surface area (Å²) < 4.78 is 5.79. The van der Waals surface area contributed by atoms with Gasteiger partial charge < -0.3 is 20.1 Å². The number of carbonyl (C=O) groups is 3. The van der Waals surface area contributed by atoms with Gasteiger partial charge in [-0.2, -0.15) is 0 Å². The molecule has 1 amide bonds. The summed E-state index contributed by atoms with van der Waals surface area (Å²) in [7, 11) is 2.25. The molecule has 1 unspecified atom stereocenters. The molecule has 0 radical (unpaired) electrons. The number of benzene rings is 1. The molecule has 1 heterocycles. The molecular formula is C26H36N2O5. The molecule has 1 aromatic carbocycles. The third-order valence-corrected chi connectivity index (χ3v) is 8.11. The van der Waals surface area contributed by atoms with Crippen LogP contribution >= 0.6 is 0 Å². The van der Waals surface area contributed by atoms with E-state index in [1.54, 1.807) is 0 Å². The van der Waals surface area contributed by atoms with Gasteiger partial charge in [-0.25, -0.2) is 4.79 Å². The minimum absolute atomic E-state index is 0.163. The number of fused-ring (bicyclic) bond motifs is 1. The fourth-order valence-corrected chi connectivity index (χ4v) is 6.38. The van der Waals surface area contributed by atoms with E-state index < -0.39 is 23.9 Å². The topological polar surface area (TPSA) is 95.9 Å². The van der Waals surface area contributed by atoms with Gasteiger partial charge in [-0.15, -0.1) is 0 Å². The maximum absolute atomic E-state index is 13.0. The number of nitrogens with one attached hydrogen (secondary N) is 1. The van der Waals surface area contributed by atoms with E-state index in [1.807, 2.05) is 19.9 Å². The number of piperidine rings is 1. The molecule has 2 N–H and O–H groups in total. The monoisotopic (exact) mass is 456 g/mol. The fourth-order valence-electron chi connectivity index (χ4n) is 6.38. The smallest absolute Gasteiger partial charge is 0.334 e. The number of likely N-dealkylation sites (tertiary alicyclic amines) is 1. The van der Waals surface area contributed by atoms with Crippen molar-refractivity contribution in [3.05, 3.63) is 29.3 Å². The van der Waals surface area contributed by atoms with Crippen molar-refractivity contribution in [2.24, 2.45) is 11.8 Å². The number of amides is 1. The van der Waals surface area contributed by atoms with Crippen LogP contribution in [0.2, 0.25) is 0 Å². The van der Waals surface area contributed by atoms with E-state index in [-0.39, 0.29) is 24.2 Å². The van der Waals surface area contributed by atoms with Gasteiger partial charge in [0.15, 0.2) is 0 Å². The Morgan fingerprint density at radius 1 is 1.21 bits per heavy atom. The van der Waals surface area contributed by atoms with Crippen LogP contribution in [-0.4, -0.2) is 53.5 Å². The molecular weight excluding hydrogens is 420 g/mol. The first kappa shape index (κ1) is 23.7. The lowest BCUT2D eigenvalue weighted by atomic mass is 9.52. The molecule has 2 bridgehead atoms. The van der Waals surface area contributed by atoms with E-state index in [2.05, 4.69) is 29.4 Å². The van der Waals surface area contributed by atoms with Gasteiger partial charge in [0.2, 0.25) is 5.91 Å². The first-order valence-electron chi connectivity index (χ1n) is 12.3. The van der Waals surface area contributed by atoms with Crippen LogP contribution in [0.4, 0.5) is 0 Å². The second kappa shape index (κ2) is 9.45. The first-order valence-corrected chi connectivity index (χ1v) is 12.3. The molecule has 7 heteroatoms. The van der Waals surface area contributed by atoms with E-state index in [1.165, 1.54) is 36.8 Å². The van der Waals surface area contributed by atoms with Crippen molar-refractivity contribution in [1.29, 1.82) is 0 Å². The van der Waals surface area contributed by atoms with Gasteiger partial charge in [0.1, 0.15) is 11.8 Å². The number of esters is 1. The largest absolute Gasteiger partial charge is 0.481 e. The number of carboxylic acids is 1. The molecule has 180 valence electrons. The second-order valence-electron chi connectivity index (χ2n) is 10.4. The predicted octanol–water partition coefficient (Wildman–Crippen LogP) is 3.29. The van der Waals surface area contributed by atoms with Crippen molar-refractivity contribution in [2.45, 2.75) is 82.7 Å². The summed E-state index contributed by atoms with van der Waals surface area (Å²) in [5, 5.41) is 11.4. The zero-order valence-electron chi connectivity index (χ0n) is 19.9. The van der Waals surface area contributed by atoms with E-state index in [4.69, 9.17) is 9.84 Å². The van der Waals surface area contributed by atoms with E-state index in [0.717, 1.165) is 19.4 Å². The zero-order valence-corrected chi connectivity index (χ0v) is 19.9. The third-order valence-electron chi connectivity index (χ3n) is 8.11. The van der Waals surface area contributed by atoms with Crippen LogP contribution < -0.4 is 10.1 Å². The number of nitrogens with zero attached hydrogens (tertiary/aromatic N) is 1. The maximum Gasteiger partial charge on any atom is 0.334 e. The Labute approximate surface area is 195 Å². The molecule has 1 aromatic rings. The Morgan fingerprint density at radius 3 is 2.73 bits per heavy atom. The maximum atomic E-state index is 13.0. The Kier molecular flexibility index (Phi) is 6.80. The lowest BCUT2D eigenvalue weighted by molar-refractivity contribution is -0.141. The molecule has 4 atom stereocenters. The highest BCUT2D eigenvalue weighted by Gasteiger charge is 2.53. The zero-order chi connectivity index (χ0) is 23.8. The van der Waals surface area contributed by atoms with Gasteiger partial charge in [-0.05, 0) is 74.4 Å². The van der Waals surface area contributed by atoms with Crippen LogP contribution in [0.25, 0.3) is 0 Å². The number of hydrogen-bond donors (Lipinski definition) is 2. The number of rotatable bonds is 7. The average Bonchev–Trinajstić information content (AvgIpc) is 2.78. The molecule has 33 heavy (non-hydrogen) atoms. The van der Waals surface area contributed by atoms with Crippen LogP contribution in [0, 0.1) is 11.8 Å². The highest BCUT2D eigenvalue weighted by Crippen LogP contribution is 2.55. The quantitative estimate of drug-likeness (QED) is 0.483. The van der Waals surface area contributed by atoms with E-state index in [9.17, 15) is 14.4 Å². The number of aliphatic carboxylic acids is 1. The molecule has 2 aliphatic carbocycles. The number of likely N-dealkylation sites (N-methyl/N-ethyl adjacent to an activating group) is 1. The van der Waals surface area contributed by atoms with E-state index >= 15 is 0 Å². The van der Waals surface area contributed by atoms with Crippen LogP contribution in [0.5, 0.6) is 5.75 Å². The lowest BCUT2D eigenvalue weighted by Crippen LogP contribution is -2.59. The van der Waals surface area contributed by atoms with E-state index in [0.29, 0.717) is 17.7 Å². The van der Waals surface area contributed by atoms with Crippen molar-refractivity contribution in [3.8, 4) is 5.75 Å². The molecule has 1 saturated heterocycles. The van der Waals surface area contributed by atoms with Gasteiger partial charge in [0.05, 0.1) is 6.42 Å².